The summed E-state index contributed by atoms with van der Waals surface area (Å²) in [5.74, 6) is 0.414. The topological polar surface area (TPSA) is 68.5 Å². The van der Waals surface area contributed by atoms with E-state index < -0.39 is 4.92 Å². The Hall–Kier alpha value is -1.21. The third kappa shape index (κ3) is 2.62. The van der Waals surface area contributed by atoms with Crippen molar-refractivity contribution >= 4 is 21.6 Å². The average Bonchev–Trinajstić information content (AvgIpc) is 2.24. The van der Waals surface area contributed by atoms with Crippen molar-refractivity contribution in [3.8, 4) is 5.88 Å². The number of nitro groups is 1. The van der Waals surface area contributed by atoms with Crippen LogP contribution < -0.4 is 4.74 Å². The molecule has 0 spiro atoms. The van der Waals surface area contributed by atoms with Gasteiger partial charge in [0.05, 0.1) is 9.40 Å². The molecule has 98 valence electrons. The lowest BCUT2D eigenvalue weighted by Crippen LogP contribution is -2.50. The van der Waals surface area contributed by atoms with Gasteiger partial charge in [0, 0.05) is 12.1 Å². The number of nitrogens with zero attached hydrogens (tertiary/aromatic N) is 3. The molecule has 0 radical (unpaired) electrons. The van der Waals surface area contributed by atoms with Crippen molar-refractivity contribution < 1.29 is 9.66 Å². The van der Waals surface area contributed by atoms with Crippen LogP contribution in [0.15, 0.2) is 16.7 Å². The molecule has 1 heterocycles. The number of hydrogen-bond donors (Lipinski definition) is 0. The van der Waals surface area contributed by atoms with Crippen molar-refractivity contribution in [2.45, 2.75) is 25.0 Å². The third-order valence-corrected chi connectivity index (χ3v) is 3.67. The van der Waals surface area contributed by atoms with Crippen LogP contribution in [-0.2, 0) is 0 Å². The Kier molecular flexibility index (Phi) is 3.82. The van der Waals surface area contributed by atoms with Gasteiger partial charge in [-0.15, -0.1) is 0 Å². The molecule has 0 aliphatic heterocycles. The molecule has 1 aromatic rings. The van der Waals surface area contributed by atoms with Gasteiger partial charge >= 0.3 is 0 Å². The largest absolute Gasteiger partial charge is 0.472 e. The molecule has 18 heavy (non-hydrogen) atoms. The molecule has 0 N–H and O–H groups in total. The van der Waals surface area contributed by atoms with E-state index in [1.165, 1.54) is 12.3 Å². The SMILES string of the molecule is CN(C)[C@H]1CC[C@@H]1Oc1ncc([N+](=O)[O-])cc1Br. The van der Waals surface area contributed by atoms with Gasteiger partial charge in [-0.2, -0.15) is 0 Å². The normalized spacial score (nSPS) is 22.7. The number of halogens is 1. The second kappa shape index (κ2) is 5.19. The summed E-state index contributed by atoms with van der Waals surface area (Å²) in [5, 5.41) is 10.6. The third-order valence-electron chi connectivity index (χ3n) is 3.11. The highest BCUT2D eigenvalue weighted by atomic mass is 79.9. The zero-order chi connectivity index (χ0) is 13.3. The molecular formula is C11H14BrN3O3. The van der Waals surface area contributed by atoms with E-state index in [4.69, 9.17) is 4.74 Å². The molecular weight excluding hydrogens is 302 g/mol. The molecule has 0 unspecified atom stereocenters. The van der Waals surface area contributed by atoms with E-state index in [2.05, 4.69) is 25.8 Å². The van der Waals surface area contributed by atoms with Gasteiger partial charge in [-0.3, -0.25) is 10.1 Å². The van der Waals surface area contributed by atoms with Crippen LogP contribution in [0.5, 0.6) is 5.88 Å². The molecule has 1 fully saturated rings. The smallest absolute Gasteiger partial charge is 0.288 e. The van der Waals surface area contributed by atoms with Crippen LogP contribution in [0, 0.1) is 10.1 Å². The fourth-order valence-electron chi connectivity index (χ4n) is 1.93. The average molecular weight is 316 g/mol. The van der Waals surface area contributed by atoms with E-state index in [0.29, 0.717) is 16.4 Å². The lowest BCUT2D eigenvalue weighted by molar-refractivity contribution is -0.385. The highest BCUT2D eigenvalue weighted by Crippen LogP contribution is 2.32. The first-order chi connectivity index (χ1) is 8.49. The minimum atomic E-state index is -0.479. The van der Waals surface area contributed by atoms with Gasteiger partial charge in [0.1, 0.15) is 12.3 Å². The van der Waals surface area contributed by atoms with Gasteiger partial charge in [0.15, 0.2) is 0 Å². The lowest BCUT2D eigenvalue weighted by atomic mass is 9.88. The first-order valence-corrected chi connectivity index (χ1v) is 6.41. The number of rotatable bonds is 4. The molecule has 1 aromatic heterocycles. The molecule has 1 aliphatic rings. The van der Waals surface area contributed by atoms with Crippen molar-refractivity contribution in [1.29, 1.82) is 0 Å². The molecule has 0 saturated heterocycles. The zero-order valence-corrected chi connectivity index (χ0v) is 11.8. The monoisotopic (exact) mass is 315 g/mol. The van der Waals surface area contributed by atoms with Crippen LogP contribution in [0.3, 0.4) is 0 Å². The summed E-state index contributed by atoms with van der Waals surface area (Å²) in [6.07, 6.45) is 3.39. The highest BCUT2D eigenvalue weighted by Gasteiger charge is 2.35. The van der Waals surface area contributed by atoms with Crippen molar-refractivity contribution in [3.63, 3.8) is 0 Å². The van der Waals surface area contributed by atoms with Gasteiger partial charge in [-0.1, -0.05) is 0 Å². The summed E-state index contributed by atoms with van der Waals surface area (Å²) in [5.41, 5.74) is -0.0491. The standard InChI is InChI=1S/C11H14BrN3O3/c1-14(2)9-3-4-10(9)18-11-8(12)5-7(6-13-11)15(16)17/h5-6,9-10H,3-4H2,1-2H3/t9-,10-/m0/s1. The van der Waals surface area contributed by atoms with Crippen molar-refractivity contribution in [1.82, 2.24) is 9.88 Å². The number of aromatic nitrogens is 1. The molecule has 1 saturated carbocycles. The Morgan fingerprint density at radius 2 is 2.28 bits per heavy atom. The molecule has 2 atom stereocenters. The Bertz CT molecular complexity index is 467. The molecule has 0 aromatic carbocycles. The maximum atomic E-state index is 10.6. The van der Waals surface area contributed by atoms with Crippen molar-refractivity contribution in [3.05, 3.63) is 26.9 Å². The van der Waals surface area contributed by atoms with E-state index in [1.54, 1.807) is 0 Å². The van der Waals surface area contributed by atoms with Crippen LogP contribution in [0.1, 0.15) is 12.8 Å². The maximum Gasteiger partial charge on any atom is 0.288 e. The van der Waals surface area contributed by atoms with Gasteiger partial charge in [0.2, 0.25) is 5.88 Å². The van der Waals surface area contributed by atoms with Gasteiger partial charge in [-0.25, -0.2) is 4.98 Å². The van der Waals surface area contributed by atoms with E-state index in [-0.39, 0.29) is 11.8 Å². The summed E-state index contributed by atoms with van der Waals surface area (Å²) in [4.78, 5) is 16.2. The molecule has 0 bridgehead atoms. The Morgan fingerprint density at radius 1 is 1.56 bits per heavy atom. The van der Waals surface area contributed by atoms with E-state index in [1.807, 2.05) is 14.1 Å². The van der Waals surface area contributed by atoms with E-state index >= 15 is 0 Å². The van der Waals surface area contributed by atoms with Crippen LogP contribution in [0.2, 0.25) is 0 Å². The van der Waals surface area contributed by atoms with Crippen molar-refractivity contribution in [2.24, 2.45) is 0 Å². The van der Waals surface area contributed by atoms with E-state index in [9.17, 15) is 10.1 Å². The zero-order valence-electron chi connectivity index (χ0n) is 10.2. The number of likely N-dealkylation sites (N-methyl/N-ethyl adjacent to an activating group) is 1. The summed E-state index contributed by atoms with van der Waals surface area (Å²) in [6, 6.07) is 1.79. The minimum absolute atomic E-state index is 0.0491. The molecule has 6 nitrogen and oxygen atoms in total. The van der Waals surface area contributed by atoms with E-state index in [0.717, 1.165) is 12.8 Å². The van der Waals surface area contributed by atoms with Gasteiger partial charge in [0.25, 0.3) is 5.69 Å². The lowest BCUT2D eigenvalue weighted by Gasteiger charge is -2.40. The second-order valence-corrected chi connectivity index (χ2v) is 5.36. The van der Waals surface area contributed by atoms with Gasteiger partial charge in [-0.05, 0) is 42.9 Å². The summed E-state index contributed by atoms with van der Waals surface area (Å²) in [6.45, 7) is 0. The predicted octanol–water partition coefficient (Wildman–Crippen LogP) is 2.22. The minimum Gasteiger partial charge on any atom is -0.472 e. The van der Waals surface area contributed by atoms with Crippen molar-refractivity contribution in [2.75, 3.05) is 14.1 Å². The Balaban J connectivity index is 2.08. The summed E-state index contributed by atoms with van der Waals surface area (Å²) >= 11 is 3.25. The number of hydrogen-bond acceptors (Lipinski definition) is 5. The number of pyridine rings is 1. The first-order valence-electron chi connectivity index (χ1n) is 5.62. The van der Waals surface area contributed by atoms with Crippen LogP contribution in [0.4, 0.5) is 5.69 Å². The molecule has 2 rings (SSSR count). The maximum absolute atomic E-state index is 10.6. The quantitative estimate of drug-likeness (QED) is 0.629. The molecule has 7 heteroatoms. The Morgan fingerprint density at radius 3 is 2.72 bits per heavy atom. The Labute approximate surface area is 113 Å². The molecule has 0 amide bonds. The molecule has 1 aliphatic carbocycles. The second-order valence-electron chi connectivity index (χ2n) is 4.50. The van der Waals surface area contributed by atoms with Crippen LogP contribution >= 0.6 is 15.9 Å². The van der Waals surface area contributed by atoms with Crippen LogP contribution in [0.25, 0.3) is 0 Å². The fourth-order valence-corrected chi connectivity index (χ4v) is 2.36. The highest BCUT2D eigenvalue weighted by molar-refractivity contribution is 9.10. The summed E-state index contributed by atoms with van der Waals surface area (Å²) < 4.78 is 6.28. The predicted molar refractivity (Wildman–Crippen MR) is 69.7 cm³/mol. The first kappa shape index (κ1) is 13.2. The van der Waals surface area contributed by atoms with Crippen LogP contribution in [-0.4, -0.2) is 41.0 Å². The number of ether oxygens (including phenoxy) is 1. The van der Waals surface area contributed by atoms with Gasteiger partial charge < -0.3 is 9.64 Å². The fraction of sp³-hybridized carbons (Fsp3) is 0.545. The summed E-state index contributed by atoms with van der Waals surface area (Å²) in [7, 11) is 4.02.